The zero-order chi connectivity index (χ0) is 20.6. The van der Waals surface area contributed by atoms with Gasteiger partial charge in [0.05, 0.1) is 19.8 Å². The van der Waals surface area contributed by atoms with Gasteiger partial charge in [0.2, 0.25) is 5.91 Å². The maximum absolute atomic E-state index is 12.3. The van der Waals surface area contributed by atoms with E-state index in [1.165, 1.54) is 5.56 Å². The fourth-order valence-electron chi connectivity index (χ4n) is 3.29. The van der Waals surface area contributed by atoms with Gasteiger partial charge < -0.3 is 19.7 Å². The molecule has 2 aromatic carbocycles. The van der Waals surface area contributed by atoms with E-state index in [0.29, 0.717) is 31.7 Å². The van der Waals surface area contributed by atoms with E-state index >= 15 is 0 Å². The average molecular weight is 396 g/mol. The minimum Gasteiger partial charge on any atom is -0.497 e. The van der Waals surface area contributed by atoms with Crippen molar-refractivity contribution in [2.75, 3.05) is 31.7 Å². The number of methoxy groups -OCH3 is 1. The van der Waals surface area contributed by atoms with E-state index in [9.17, 15) is 9.59 Å². The Labute approximate surface area is 171 Å². The summed E-state index contributed by atoms with van der Waals surface area (Å²) < 4.78 is 10.8. The minimum atomic E-state index is -0.244. The second-order valence-electron chi connectivity index (χ2n) is 7.11. The molecule has 0 aliphatic carbocycles. The molecule has 1 saturated heterocycles. The average Bonchev–Trinajstić information content (AvgIpc) is 2.77. The lowest BCUT2D eigenvalue weighted by Crippen LogP contribution is -2.50. The van der Waals surface area contributed by atoms with Gasteiger partial charge in [0.15, 0.2) is 0 Å². The molecule has 1 heterocycles. The number of carbonyl (C=O) groups is 2. The quantitative estimate of drug-likeness (QED) is 0.745. The summed E-state index contributed by atoms with van der Waals surface area (Å²) in [5, 5.41) is 2.93. The van der Waals surface area contributed by atoms with E-state index in [0.717, 1.165) is 17.7 Å². The lowest BCUT2D eigenvalue weighted by Gasteiger charge is -2.33. The highest BCUT2D eigenvalue weighted by Crippen LogP contribution is 2.23. The number of morpholine rings is 1. The fourth-order valence-corrected chi connectivity index (χ4v) is 3.29. The lowest BCUT2D eigenvalue weighted by molar-refractivity contribution is -0.129. The van der Waals surface area contributed by atoms with E-state index in [2.05, 4.69) is 36.5 Å². The number of hydrogen-bond donors (Lipinski definition) is 1. The number of aryl methyl sites for hydroxylation is 2. The Morgan fingerprint density at radius 1 is 1.21 bits per heavy atom. The third-order valence-corrected chi connectivity index (χ3v) is 5.09. The van der Waals surface area contributed by atoms with Crippen LogP contribution in [0.25, 0.3) is 0 Å². The summed E-state index contributed by atoms with van der Waals surface area (Å²) >= 11 is 0. The third kappa shape index (κ3) is 5.81. The van der Waals surface area contributed by atoms with Crippen molar-refractivity contribution in [1.82, 2.24) is 5.32 Å². The minimum absolute atomic E-state index is 0.00151. The normalized spacial score (nSPS) is 16.6. The van der Waals surface area contributed by atoms with Gasteiger partial charge in [0, 0.05) is 24.7 Å². The van der Waals surface area contributed by atoms with E-state index in [4.69, 9.17) is 9.47 Å². The number of rotatable bonds is 8. The van der Waals surface area contributed by atoms with Gasteiger partial charge in [-0.1, -0.05) is 37.3 Å². The van der Waals surface area contributed by atoms with Crippen molar-refractivity contribution in [3.05, 3.63) is 59.7 Å². The van der Waals surface area contributed by atoms with Crippen molar-refractivity contribution in [3.63, 3.8) is 0 Å². The molecular formula is C23H28N2O4. The lowest BCUT2D eigenvalue weighted by atomic mass is 10.1. The van der Waals surface area contributed by atoms with E-state index in [1.54, 1.807) is 12.0 Å². The van der Waals surface area contributed by atoms with Gasteiger partial charge in [-0.15, -0.1) is 0 Å². The van der Waals surface area contributed by atoms with Crippen LogP contribution in [-0.2, 0) is 27.2 Å². The zero-order valence-corrected chi connectivity index (χ0v) is 17.0. The molecule has 1 aliphatic heterocycles. The van der Waals surface area contributed by atoms with Crippen molar-refractivity contribution in [1.29, 1.82) is 0 Å². The van der Waals surface area contributed by atoms with Crippen LogP contribution < -0.4 is 15.0 Å². The van der Waals surface area contributed by atoms with E-state index in [-0.39, 0.29) is 24.5 Å². The van der Waals surface area contributed by atoms with Crippen LogP contribution in [0.3, 0.4) is 0 Å². The standard InChI is InChI=1S/C23H28N2O4/c1-3-17-7-9-18(10-8-17)11-12-22(26)24-14-21-15-25(23(27)16-29-21)19-5-4-6-20(13-19)28-2/h4-10,13,21H,3,11-12,14-16H2,1-2H3,(H,24,26). The number of carbonyl (C=O) groups excluding carboxylic acids is 2. The zero-order valence-electron chi connectivity index (χ0n) is 17.0. The summed E-state index contributed by atoms with van der Waals surface area (Å²) in [6.07, 6.45) is 1.90. The van der Waals surface area contributed by atoms with E-state index < -0.39 is 0 Å². The van der Waals surface area contributed by atoms with Gasteiger partial charge in [-0.3, -0.25) is 9.59 Å². The first-order chi connectivity index (χ1) is 14.1. The summed E-state index contributed by atoms with van der Waals surface area (Å²) in [6.45, 7) is 2.90. The molecule has 0 saturated carbocycles. The first-order valence-electron chi connectivity index (χ1n) is 9.99. The summed E-state index contributed by atoms with van der Waals surface area (Å²) in [6, 6.07) is 15.7. The van der Waals surface area contributed by atoms with Crippen LogP contribution in [0.15, 0.2) is 48.5 Å². The molecule has 6 nitrogen and oxygen atoms in total. The highest BCUT2D eigenvalue weighted by molar-refractivity contribution is 5.95. The van der Waals surface area contributed by atoms with Crippen molar-refractivity contribution in [2.24, 2.45) is 0 Å². The molecule has 1 fully saturated rings. The summed E-state index contributed by atoms with van der Waals surface area (Å²) in [5.41, 5.74) is 3.22. The first-order valence-corrected chi connectivity index (χ1v) is 9.99. The van der Waals surface area contributed by atoms with Crippen LogP contribution in [-0.4, -0.2) is 44.7 Å². The molecule has 154 valence electrons. The molecule has 29 heavy (non-hydrogen) atoms. The summed E-state index contributed by atoms with van der Waals surface area (Å²) in [7, 11) is 1.59. The maximum atomic E-state index is 12.3. The topological polar surface area (TPSA) is 67.9 Å². The summed E-state index contributed by atoms with van der Waals surface area (Å²) in [4.78, 5) is 26.2. The fraction of sp³-hybridized carbons (Fsp3) is 0.391. The van der Waals surface area contributed by atoms with Crippen LogP contribution in [0, 0.1) is 0 Å². The molecule has 0 aromatic heterocycles. The number of ether oxygens (including phenoxy) is 2. The Morgan fingerprint density at radius 3 is 2.69 bits per heavy atom. The number of nitrogens with one attached hydrogen (secondary N) is 1. The molecule has 6 heteroatoms. The molecule has 1 aliphatic rings. The van der Waals surface area contributed by atoms with Gasteiger partial charge >= 0.3 is 0 Å². The molecule has 0 bridgehead atoms. The van der Waals surface area contributed by atoms with Gasteiger partial charge in [-0.05, 0) is 36.1 Å². The second kappa shape index (κ2) is 10.1. The Bertz CT molecular complexity index is 835. The maximum Gasteiger partial charge on any atom is 0.253 e. The largest absolute Gasteiger partial charge is 0.497 e. The molecular weight excluding hydrogens is 368 g/mol. The van der Waals surface area contributed by atoms with Crippen LogP contribution in [0.2, 0.25) is 0 Å². The van der Waals surface area contributed by atoms with Crippen molar-refractivity contribution in [2.45, 2.75) is 32.3 Å². The van der Waals surface area contributed by atoms with Crippen LogP contribution in [0.1, 0.15) is 24.5 Å². The van der Waals surface area contributed by atoms with Gasteiger partial charge in [0.25, 0.3) is 5.91 Å². The van der Waals surface area contributed by atoms with Crippen molar-refractivity contribution >= 4 is 17.5 Å². The van der Waals surface area contributed by atoms with Crippen LogP contribution >= 0.6 is 0 Å². The van der Waals surface area contributed by atoms with E-state index in [1.807, 2.05) is 24.3 Å². The molecule has 0 radical (unpaired) electrons. The molecule has 1 N–H and O–H groups in total. The Kier molecular flexibility index (Phi) is 7.25. The molecule has 1 atom stereocenters. The number of nitrogens with zero attached hydrogens (tertiary/aromatic N) is 1. The molecule has 2 amide bonds. The monoisotopic (exact) mass is 396 g/mol. The first kappa shape index (κ1) is 20.9. The summed E-state index contributed by atoms with van der Waals surface area (Å²) in [5.74, 6) is 0.577. The van der Waals surface area contributed by atoms with Gasteiger partial charge in [0.1, 0.15) is 12.4 Å². The van der Waals surface area contributed by atoms with Crippen molar-refractivity contribution < 1.29 is 19.1 Å². The molecule has 3 rings (SSSR count). The molecule has 0 spiro atoms. The highest BCUT2D eigenvalue weighted by Gasteiger charge is 2.27. The predicted octanol–water partition coefficient (Wildman–Crippen LogP) is 2.74. The predicted molar refractivity (Wildman–Crippen MR) is 112 cm³/mol. The second-order valence-corrected chi connectivity index (χ2v) is 7.11. The Morgan fingerprint density at radius 2 is 1.97 bits per heavy atom. The van der Waals surface area contributed by atoms with Gasteiger partial charge in [-0.2, -0.15) is 0 Å². The number of anilines is 1. The van der Waals surface area contributed by atoms with Crippen LogP contribution in [0.5, 0.6) is 5.75 Å². The number of amides is 2. The Balaban J connectivity index is 1.48. The Hall–Kier alpha value is -2.86. The molecule has 1 unspecified atom stereocenters. The van der Waals surface area contributed by atoms with Crippen molar-refractivity contribution in [3.8, 4) is 5.75 Å². The van der Waals surface area contributed by atoms with Crippen LogP contribution in [0.4, 0.5) is 5.69 Å². The molecule has 2 aromatic rings. The van der Waals surface area contributed by atoms with Gasteiger partial charge in [-0.25, -0.2) is 0 Å². The third-order valence-electron chi connectivity index (χ3n) is 5.09. The number of benzene rings is 2. The number of hydrogen-bond acceptors (Lipinski definition) is 4. The SMILES string of the molecule is CCc1ccc(CCC(=O)NCC2CN(c3cccc(OC)c3)C(=O)CO2)cc1. The smallest absolute Gasteiger partial charge is 0.253 e. The highest BCUT2D eigenvalue weighted by atomic mass is 16.5.